The Kier molecular flexibility index (Phi) is 7.81. The zero-order valence-corrected chi connectivity index (χ0v) is 27.1. The summed E-state index contributed by atoms with van der Waals surface area (Å²) in [6.45, 7) is 20.2. The number of para-hydroxylation sites is 1. The zero-order chi connectivity index (χ0) is 31.2. The molecule has 0 radical (unpaired) electrons. The fourth-order valence-corrected chi connectivity index (χ4v) is 5.23. The van der Waals surface area contributed by atoms with Gasteiger partial charge in [0.05, 0.1) is 17.1 Å². The second kappa shape index (κ2) is 11.1. The third-order valence-electron chi connectivity index (χ3n) is 8.08. The van der Waals surface area contributed by atoms with Crippen molar-refractivity contribution in [3.05, 3.63) is 114 Å². The van der Waals surface area contributed by atoms with Crippen LogP contribution in [0.4, 0.5) is 0 Å². The summed E-state index contributed by atoms with van der Waals surface area (Å²) in [5.41, 5.74) is 11.4. The Morgan fingerprint density at radius 1 is 0.465 bits per heavy atom. The van der Waals surface area contributed by atoms with Crippen LogP contribution in [0.3, 0.4) is 0 Å². The number of hydrogen-bond acceptors (Lipinski definition) is 3. The molecule has 0 bridgehead atoms. The first-order chi connectivity index (χ1) is 20.1. The normalized spacial score (nSPS) is 12.4. The molecule has 3 aromatic carbocycles. The molecule has 0 unspecified atom stereocenters. The molecule has 1 N–H and O–H groups in total. The van der Waals surface area contributed by atoms with Crippen LogP contribution in [0.5, 0.6) is 5.75 Å². The fraction of sp³-hybridized carbons (Fsp3) is 0.300. The number of phenolic OH excluding ortho intramolecular Hbond substituents is 1. The Morgan fingerprint density at radius 2 is 1.02 bits per heavy atom. The van der Waals surface area contributed by atoms with Gasteiger partial charge < -0.3 is 5.11 Å². The molecule has 2 heterocycles. The quantitative estimate of drug-likeness (QED) is 0.234. The van der Waals surface area contributed by atoms with Gasteiger partial charge in [-0.1, -0.05) is 111 Å². The summed E-state index contributed by atoms with van der Waals surface area (Å²) in [4.78, 5) is 9.83. The lowest BCUT2D eigenvalue weighted by molar-refractivity contribution is 0.477. The van der Waals surface area contributed by atoms with Gasteiger partial charge in [0.2, 0.25) is 0 Å². The van der Waals surface area contributed by atoms with Crippen LogP contribution in [-0.2, 0) is 16.2 Å². The van der Waals surface area contributed by atoms with Crippen molar-refractivity contribution in [3.8, 4) is 50.6 Å². The van der Waals surface area contributed by atoms with Crippen molar-refractivity contribution in [1.29, 1.82) is 0 Å². The molecule has 43 heavy (non-hydrogen) atoms. The highest BCUT2D eigenvalue weighted by atomic mass is 16.3. The SMILES string of the molecule is CC(C)(C)c1cc(-c2cc(-c3cccc(-c4cc(C(C)(C)C)ccn4)c3)nc(-c3ccccc3O)c2)cc(C(C)(C)C)c1. The minimum Gasteiger partial charge on any atom is -0.507 e. The molecule has 5 aromatic rings. The average molecular weight is 569 g/mol. The topological polar surface area (TPSA) is 46.0 Å². The number of aromatic hydroxyl groups is 1. The molecule has 2 aromatic heterocycles. The predicted octanol–water partition coefficient (Wildman–Crippen LogP) is 10.7. The van der Waals surface area contributed by atoms with Gasteiger partial charge in [0.15, 0.2) is 0 Å². The zero-order valence-electron chi connectivity index (χ0n) is 27.1. The average Bonchev–Trinajstić information content (AvgIpc) is 2.96. The molecule has 220 valence electrons. The number of phenols is 1. The molecular formula is C40H44N2O. The molecule has 0 aliphatic heterocycles. The summed E-state index contributed by atoms with van der Waals surface area (Å²) in [6, 6.07) is 31.4. The third kappa shape index (κ3) is 6.72. The van der Waals surface area contributed by atoms with Gasteiger partial charge in [0.25, 0.3) is 0 Å². The number of rotatable bonds is 4. The van der Waals surface area contributed by atoms with Crippen LogP contribution in [0.25, 0.3) is 44.9 Å². The molecule has 0 spiro atoms. The van der Waals surface area contributed by atoms with E-state index in [1.165, 1.54) is 16.7 Å². The molecule has 3 heteroatoms. The molecular weight excluding hydrogens is 524 g/mol. The molecule has 0 fully saturated rings. The molecule has 0 atom stereocenters. The van der Waals surface area contributed by atoms with Crippen LogP contribution in [0, 0.1) is 0 Å². The smallest absolute Gasteiger partial charge is 0.124 e. The summed E-state index contributed by atoms with van der Waals surface area (Å²) in [6.07, 6.45) is 1.90. The minimum atomic E-state index is -0.00464. The Morgan fingerprint density at radius 3 is 1.63 bits per heavy atom. The molecule has 0 saturated heterocycles. The summed E-state index contributed by atoms with van der Waals surface area (Å²) < 4.78 is 0. The van der Waals surface area contributed by atoms with Gasteiger partial charge in [-0.05, 0) is 86.5 Å². The van der Waals surface area contributed by atoms with Crippen LogP contribution < -0.4 is 0 Å². The highest BCUT2D eigenvalue weighted by Crippen LogP contribution is 2.38. The van der Waals surface area contributed by atoms with Crippen molar-refractivity contribution in [2.45, 2.75) is 78.6 Å². The van der Waals surface area contributed by atoms with Gasteiger partial charge in [-0.25, -0.2) is 4.98 Å². The van der Waals surface area contributed by atoms with Gasteiger partial charge in [-0.15, -0.1) is 0 Å². The van der Waals surface area contributed by atoms with Crippen molar-refractivity contribution < 1.29 is 5.11 Å². The van der Waals surface area contributed by atoms with Crippen molar-refractivity contribution >= 4 is 0 Å². The van der Waals surface area contributed by atoms with E-state index in [9.17, 15) is 5.11 Å². The lowest BCUT2D eigenvalue weighted by Crippen LogP contribution is -2.16. The maximum atomic E-state index is 10.8. The Hall–Kier alpha value is -4.24. The van der Waals surface area contributed by atoms with Crippen molar-refractivity contribution in [3.63, 3.8) is 0 Å². The van der Waals surface area contributed by atoms with Crippen LogP contribution in [-0.4, -0.2) is 15.1 Å². The van der Waals surface area contributed by atoms with Gasteiger partial charge in [0.1, 0.15) is 5.75 Å². The van der Waals surface area contributed by atoms with E-state index < -0.39 is 0 Å². The predicted molar refractivity (Wildman–Crippen MR) is 182 cm³/mol. The number of nitrogens with zero attached hydrogens (tertiary/aromatic N) is 2. The van der Waals surface area contributed by atoms with E-state index in [4.69, 9.17) is 9.97 Å². The van der Waals surface area contributed by atoms with Crippen LogP contribution >= 0.6 is 0 Å². The molecule has 0 aliphatic rings. The number of benzene rings is 3. The van der Waals surface area contributed by atoms with E-state index in [2.05, 4.69) is 129 Å². The van der Waals surface area contributed by atoms with E-state index in [0.717, 1.165) is 39.3 Å². The second-order valence-electron chi connectivity index (χ2n) is 14.7. The summed E-state index contributed by atoms with van der Waals surface area (Å²) in [7, 11) is 0. The maximum Gasteiger partial charge on any atom is 0.124 e. The van der Waals surface area contributed by atoms with E-state index in [1.54, 1.807) is 6.07 Å². The highest BCUT2D eigenvalue weighted by Gasteiger charge is 2.22. The largest absolute Gasteiger partial charge is 0.507 e. The molecule has 5 rings (SSSR count). The van der Waals surface area contributed by atoms with Crippen LogP contribution in [0.1, 0.15) is 79.0 Å². The number of aromatic nitrogens is 2. The van der Waals surface area contributed by atoms with Crippen molar-refractivity contribution in [2.75, 3.05) is 0 Å². The lowest BCUT2D eigenvalue weighted by Gasteiger charge is -2.26. The van der Waals surface area contributed by atoms with E-state index >= 15 is 0 Å². The fourth-order valence-electron chi connectivity index (χ4n) is 5.23. The summed E-state index contributed by atoms with van der Waals surface area (Å²) in [5, 5.41) is 10.8. The van der Waals surface area contributed by atoms with Crippen molar-refractivity contribution in [1.82, 2.24) is 9.97 Å². The van der Waals surface area contributed by atoms with E-state index in [-0.39, 0.29) is 22.0 Å². The van der Waals surface area contributed by atoms with E-state index in [1.807, 2.05) is 24.4 Å². The van der Waals surface area contributed by atoms with Gasteiger partial charge >= 0.3 is 0 Å². The van der Waals surface area contributed by atoms with Crippen LogP contribution in [0.2, 0.25) is 0 Å². The summed E-state index contributed by atoms with van der Waals surface area (Å²) >= 11 is 0. The molecule has 0 aliphatic carbocycles. The monoisotopic (exact) mass is 568 g/mol. The Labute approximate surface area is 257 Å². The lowest BCUT2D eigenvalue weighted by atomic mass is 9.79. The Bertz CT molecular complexity index is 1750. The third-order valence-corrected chi connectivity index (χ3v) is 8.08. The highest BCUT2D eigenvalue weighted by molar-refractivity contribution is 5.80. The maximum absolute atomic E-state index is 10.8. The number of pyridine rings is 2. The van der Waals surface area contributed by atoms with Gasteiger partial charge in [-0.2, -0.15) is 0 Å². The summed E-state index contributed by atoms with van der Waals surface area (Å²) in [5.74, 6) is 0.217. The minimum absolute atomic E-state index is 0.00464. The van der Waals surface area contributed by atoms with E-state index in [0.29, 0.717) is 5.56 Å². The van der Waals surface area contributed by atoms with Gasteiger partial charge in [-0.3, -0.25) is 4.98 Å². The first-order valence-electron chi connectivity index (χ1n) is 15.1. The standard InChI is InChI=1S/C40H44N2O/c1-38(2,3)30-17-18-41-34(25-30)26-13-12-14-27(19-26)35-22-29(23-36(42-35)33-15-10-11-16-37(33)43)28-20-31(39(4,5)6)24-32(21-28)40(7,8)9/h10-25,43H,1-9H3. The molecule has 0 amide bonds. The molecule has 3 nitrogen and oxygen atoms in total. The molecule has 0 saturated carbocycles. The number of hydrogen-bond donors (Lipinski definition) is 1. The van der Waals surface area contributed by atoms with Gasteiger partial charge in [0, 0.05) is 22.9 Å². The second-order valence-corrected chi connectivity index (χ2v) is 14.7. The van der Waals surface area contributed by atoms with Crippen LogP contribution in [0.15, 0.2) is 97.2 Å². The van der Waals surface area contributed by atoms with Crippen molar-refractivity contribution in [2.24, 2.45) is 0 Å². The Balaban J connectivity index is 1.72. The first kappa shape index (κ1) is 30.2. The first-order valence-corrected chi connectivity index (χ1v) is 15.1.